The molecular weight excluding hydrogens is 340 g/mol. The van der Waals surface area contributed by atoms with Crippen molar-refractivity contribution in [2.75, 3.05) is 39.4 Å². The van der Waals surface area contributed by atoms with Crippen molar-refractivity contribution in [3.8, 4) is 0 Å². The van der Waals surface area contributed by atoms with Gasteiger partial charge in [0, 0.05) is 51.2 Å². The van der Waals surface area contributed by atoms with Gasteiger partial charge in [-0.05, 0) is 11.8 Å². The lowest BCUT2D eigenvalue weighted by Gasteiger charge is -2.13. The first-order valence-electron chi connectivity index (χ1n) is 7.52. The predicted octanol–water partition coefficient (Wildman–Crippen LogP) is -1.32. The fourth-order valence-electron chi connectivity index (χ4n) is 1.82. The highest BCUT2D eigenvalue weighted by Gasteiger charge is 2.23. The van der Waals surface area contributed by atoms with Crippen LogP contribution in [0.4, 0.5) is 0 Å². The molecule has 1 heterocycles. The molecule has 3 N–H and O–H groups in total. The van der Waals surface area contributed by atoms with Crippen molar-refractivity contribution in [2.45, 2.75) is 12.8 Å². The van der Waals surface area contributed by atoms with Gasteiger partial charge in [-0.3, -0.25) is 24.1 Å². The van der Waals surface area contributed by atoms with Crippen LogP contribution in [0.15, 0.2) is 12.2 Å². The Balaban J connectivity index is 1.97. The molecule has 0 saturated heterocycles. The van der Waals surface area contributed by atoms with Crippen molar-refractivity contribution in [1.82, 2.24) is 20.4 Å². The van der Waals surface area contributed by atoms with Crippen molar-refractivity contribution in [1.29, 1.82) is 0 Å². The summed E-state index contributed by atoms with van der Waals surface area (Å²) in [5.74, 6) is -1.23. The van der Waals surface area contributed by atoms with Gasteiger partial charge >= 0.3 is 0 Å². The fourth-order valence-corrected chi connectivity index (χ4v) is 1.91. The summed E-state index contributed by atoms with van der Waals surface area (Å²) in [5, 5.41) is 5.25. The summed E-state index contributed by atoms with van der Waals surface area (Å²) in [5.41, 5.74) is 0. The maximum absolute atomic E-state index is 11.6. The lowest BCUT2D eigenvalue weighted by molar-refractivity contribution is -0.137. The summed E-state index contributed by atoms with van der Waals surface area (Å²) in [6.07, 6.45) is 2.62. The van der Waals surface area contributed by atoms with E-state index in [0.29, 0.717) is 13.1 Å². The van der Waals surface area contributed by atoms with E-state index in [1.165, 1.54) is 12.2 Å². The molecule has 0 aliphatic carbocycles. The standard InChI is InChI=1S/C14H21ClN4O5/c15-18-6-5-16-12(21)4-9-24-10-7-17-11(20)3-8-19-13(22)1-2-14(19)23/h1-2,18H,3-10H2,(H,16,21)(H,17,20). The fraction of sp³-hybridized carbons (Fsp3) is 0.571. The number of nitrogens with zero attached hydrogens (tertiary/aromatic N) is 1. The summed E-state index contributed by atoms with van der Waals surface area (Å²) in [7, 11) is 0. The van der Waals surface area contributed by atoms with Gasteiger partial charge in [-0.15, -0.1) is 0 Å². The number of carbonyl (C=O) groups excluding carboxylic acids is 4. The van der Waals surface area contributed by atoms with Crippen LogP contribution in [-0.2, 0) is 23.9 Å². The van der Waals surface area contributed by atoms with Crippen LogP contribution in [0.1, 0.15) is 12.8 Å². The summed E-state index contributed by atoms with van der Waals surface area (Å²) >= 11 is 5.25. The van der Waals surface area contributed by atoms with E-state index in [1.807, 2.05) is 0 Å². The van der Waals surface area contributed by atoms with Gasteiger partial charge < -0.3 is 15.4 Å². The number of imide groups is 1. The molecule has 24 heavy (non-hydrogen) atoms. The molecule has 0 fully saturated rings. The van der Waals surface area contributed by atoms with Crippen LogP contribution in [0.3, 0.4) is 0 Å². The first-order chi connectivity index (χ1) is 11.5. The Morgan fingerprint density at radius 3 is 2.25 bits per heavy atom. The summed E-state index contributed by atoms with van der Waals surface area (Å²) in [6, 6.07) is 0. The van der Waals surface area contributed by atoms with Crippen LogP contribution in [0.25, 0.3) is 0 Å². The Labute approximate surface area is 144 Å². The monoisotopic (exact) mass is 360 g/mol. The van der Waals surface area contributed by atoms with Crippen LogP contribution in [0.5, 0.6) is 0 Å². The predicted molar refractivity (Wildman–Crippen MR) is 85.8 cm³/mol. The molecule has 0 aromatic carbocycles. The van der Waals surface area contributed by atoms with Crippen LogP contribution in [0.2, 0.25) is 0 Å². The molecule has 1 aliphatic heterocycles. The van der Waals surface area contributed by atoms with Crippen LogP contribution in [0, 0.1) is 0 Å². The van der Waals surface area contributed by atoms with Gasteiger partial charge in [0.1, 0.15) is 0 Å². The minimum atomic E-state index is -0.406. The molecular formula is C14H21ClN4O5. The maximum atomic E-state index is 11.6. The van der Waals surface area contributed by atoms with Gasteiger partial charge in [0.15, 0.2) is 0 Å². The molecule has 0 atom stereocenters. The minimum Gasteiger partial charge on any atom is -0.379 e. The van der Waals surface area contributed by atoms with Crippen LogP contribution in [-0.4, -0.2) is 67.9 Å². The zero-order valence-corrected chi connectivity index (χ0v) is 13.9. The Morgan fingerprint density at radius 2 is 1.58 bits per heavy atom. The quantitative estimate of drug-likeness (QED) is 0.226. The van der Waals surface area contributed by atoms with Crippen molar-refractivity contribution in [2.24, 2.45) is 0 Å². The normalized spacial score (nSPS) is 13.5. The average Bonchev–Trinajstić information content (AvgIpc) is 2.87. The third-order valence-electron chi connectivity index (χ3n) is 3.05. The molecule has 0 bridgehead atoms. The number of amides is 4. The van der Waals surface area contributed by atoms with Crippen LogP contribution < -0.4 is 15.5 Å². The van der Waals surface area contributed by atoms with E-state index in [2.05, 4.69) is 15.5 Å². The first-order valence-corrected chi connectivity index (χ1v) is 7.90. The molecule has 0 aromatic heterocycles. The van der Waals surface area contributed by atoms with E-state index in [1.54, 1.807) is 0 Å². The number of carbonyl (C=O) groups is 4. The lowest BCUT2D eigenvalue weighted by Crippen LogP contribution is -2.35. The molecule has 1 rings (SSSR count). The highest BCUT2D eigenvalue weighted by atomic mass is 35.5. The van der Waals surface area contributed by atoms with Crippen molar-refractivity contribution >= 4 is 35.4 Å². The van der Waals surface area contributed by atoms with Gasteiger partial charge in [0.2, 0.25) is 11.8 Å². The van der Waals surface area contributed by atoms with Crippen molar-refractivity contribution < 1.29 is 23.9 Å². The van der Waals surface area contributed by atoms with E-state index in [4.69, 9.17) is 16.5 Å². The highest BCUT2D eigenvalue weighted by Crippen LogP contribution is 2.03. The van der Waals surface area contributed by atoms with Gasteiger partial charge in [-0.1, -0.05) is 0 Å². The topological polar surface area (TPSA) is 117 Å². The average molecular weight is 361 g/mol. The smallest absolute Gasteiger partial charge is 0.253 e. The lowest BCUT2D eigenvalue weighted by atomic mass is 10.3. The minimum absolute atomic E-state index is 0.0379. The third-order valence-corrected chi connectivity index (χ3v) is 3.24. The zero-order chi connectivity index (χ0) is 17.8. The Hall–Kier alpha value is -1.97. The molecule has 1 aliphatic rings. The Kier molecular flexibility index (Phi) is 9.66. The number of nitrogens with one attached hydrogen (secondary N) is 3. The second-order valence-electron chi connectivity index (χ2n) is 4.86. The molecule has 0 unspecified atom stereocenters. The van der Waals surface area contributed by atoms with E-state index in [-0.39, 0.29) is 51.0 Å². The number of hydrogen-bond donors (Lipinski definition) is 3. The van der Waals surface area contributed by atoms with Crippen LogP contribution >= 0.6 is 11.8 Å². The number of ether oxygens (including phenoxy) is 1. The Morgan fingerprint density at radius 1 is 0.958 bits per heavy atom. The summed E-state index contributed by atoms with van der Waals surface area (Å²) in [4.78, 5) is 48.9. The summed E-state index contributed by atoms with van der Waals surface area (Å²) < 4.78 is 5.23. The highest BCUT2D eigenvalue weighted by molar-refractivity contribution is 6.13. The summed E-state index contributed by atoms with van der Waals surface area (Å²) in [6.45, 7) is 1.77. The second kappa shape index (κ2) is 11.5. The molecule has 10 heteroatoms. The molecule has 0 saturated carbocycles. The largest absolute Gasteiger partial charge is 0.379 e. The maximum Gasteiger partial charge on any atom is 0.253 e. The molecule has 0 aromatic rings. The number of rotatable bonds is 12. The SMILES string of the molecule is O=C(CCOCCNC(=O)CCN1C(=O)C=CC1=O)NCCNCl. The number of halogens is 1. The van der Waals surface area contributed by atoms with Gasteiger partial charge in [0.05, 0.1) is 13.2 Å². The Bertz CT molecular complexity index is 480. The molecule has 9 nitrogen and oxygen atoms in total. The van der Waals surface area contributed by atoms with E-state index in [0.717, 1.165) is 4.90 Å². The van der Waals surface area contributed by atoms with E-state index < -0.39 is 11.8 Å². The molecule has 0 radical (unpaired) electrons. The first kappa shape index (κ1) is 20.1. The number of hydrogen-bond acceptors (Lipinski definition) is 6. The van der Waals surface area contributed by atoms with E-state index >= 15 is 0 Å². The van der Waals surface area contributed by atoms with Gasteiger partial charge in [-0.2, -0.15) is 0 Å². The van der Waals surface area contributed by atoms with Crippen molar-refractivity contribution in [3.63, 3.8) is 0 Å². The van der Waals surface area contributed by atoms with Gasteiger partial charge in [-0.25, -0.2) is 4.84 Å². The zero-order valence-electron chi connectivity index (χ0n) is 13.2. The molecule has 0 spiro atoms. The van der Waals surface area contributed by atoms with E-state index in [9.17, 15) is 19.2 Å². The second-order valence-corrected chi connectivity index (χ2v) is 5.12. The van der Waals surface area contributed by atoms with Gasteiger partial charge in [0.25, 0.3) is 11.8 Å². The van der Waals surface area contributed by atoms with Crippen molar-refractivity contribution in [3.05, 3.63) is 12.2 Å². The third kappa shape index (κ3) is 8.04. The molecule has 4 amide bonds. The molecule has 134 valence electrons.